The molecule has 0 amide bonds. The molecule has 0 spiro atoms. The summed E-state index contributed by atoms with van der Waals surface area (Å²) in [7, 11) is 0. The van der Waals surface area contributed by atoms with Crippen molar-refractivity contribution in [2.45, 2.75) is 0 Å². The highest BCUT2D eigenvalue weighted by atomic mass is 19.1. The topological polar surface area (TPSA) is 106 Å². The van der Waals surface area contributed by atoms with E-state index < -0.39 is 10.7 Å². The lowest BCUT2D eigenvalue weighted by Crippen LogP contribution is -2.37. The van der Waals surface area contributed by atoms with Crippen LogP contribution in [0.5, 0.6) is 0 Å². The van der Waals surface area contributed by atoms with Crippen molar-refractivity contribution < 1.29 is 14.1 Å². The maximum atomic E-state index is 13.9. The quantitative estimate of drug-likeness (QED) is 0.500. The van der Waals surface area contributed by atoms with Crippen molar-refractivity contribution >= 4 is 23.7 Å². The van der Waals surface area contributed by atoms with Crippen molar-refractivity contribution in [3.63, 3.8) is 0 Å². The first kappa shape index (κ1) is 16.7. The van der Waals surface area contributed by atoms with Crippen molar-refractivity contribution in [3.05, 3.63) is 52.0 Å². The van der Waals surface area contributed by atoms with Gasteiger partial charge in [0.1, 0.15) is 0 Å². The van der Waals surface area contributed by atoms with Gasteiger partial charge in [0.15, 0.2) is 11.6 Å². The van der Waals surface area contributed by atoms with E-state index in [4.69, 9.17) is 4.74 Å². The third-order valence-corrected chi connectivity index (χ3v) is 3.54. The molecule has 1 aromatic heterocycles. The summed E-state index contributed by atoms with van der Waals surface area (Å²) in [6, 6.07) is 6.18. The zero-order valence-corrected chi connectivity index (χ0v) is 13.1. The zero-order valence-electron chi connectivity index (χ0n) is 13.1. The highest BCUT2D eigenvalue weighted by Crippen LogP contribution is 2.19. The SMILES string of the molecule is O=[N+]([O-])c1ccccc1/C=N/Nc1ncc(F)c(N2CCOCC2)n1. The highest BCUT2D eigenvalue weighted by Gasteiger charge is 2.17. The molecule has 3 rings (SSSR count). The molecule has 0 saturated carbocycles. The number of hydrogen-bond donors (Lipinski definition) is 1. The molecule has 2 heterocycles. The normalized spacial score (nSPS) is 14.7. The van der Waals surface area contributed by atoms with E-state index in [1.807, 2.05) is 0 Å². The smallest absolute Gasteiger partial charge is 0.278 e. The second-order valence-electron chi connectivity index (χ2n) is 5.15. The summed E-state index contributed by atoms with van der Waals surface area (Å²) in [6.45, 7) is 2.07. The third kappa shape index (κ3) is 4.04. The molecule has 9 nitrogen and oxygen atoms in total. The van der Waals surface area contributed by atoms with Crippen LogP contribution in [-0.4, -0.2) is 47.4 Å². The second kappa shape index (κ2) is 7.62. The lowest BCUT2D eigenvalue weighted by Gasteiger charge is -2.27. The van der Waals surface area contributed by atoms with Gasteiger partial charge < -0.3 is 9.64 Å². The number of nitro groups is 1. The first-order valence-electron chi connectivity index (χ1n) is 7.53. The van der Waals surface area contributed by atoms with Crippen molar-refractivity contribution in [2.75, 3.05) is 36.6 Å². The Morgan fingerprint density at radius 3 is 2.88 bits per heavy atom. The Kier molecular flexibility index (Phi) is 5.09. The molecular formula is C15H15FN6O3. The van der Waals surface area contributed by atoms with Gasteiger partial charge >= 0.3 is 0 Å². The Morgan fingerprint density at radius 1 is 1.36 bits per heavy atom. The molecule has 25 heavy (non-hydrogen) atoms. The number of nitro benzene ring substituents is 1. The predicted octanol–water partition coefficient (Wildman–Crippen LogP) is 1.81. The molecule has 1 aliphatic heterocycles. The maximum absolute atomic E-state index is 13.9. The summed E-state index contributed by atoms with van der Waals surface area (Å²) < 4.78 is 19.2. The maximum Gasteiger partial charge on any atom is 0.278 e. The number of anilines is 2. The van der Waals surface area contributed by atoms with Gasteiger partial charge in [-0.25, -0.2) is 14.8 Å². The fourth-order valence-electron chi connectivity index (χ4n) is 2.33. The number of para-hydroxylation sites is 1. The average molecular weight is 346 g/mol. The molecule has 10 heteroatoms. The van der Waals surface area contributed by atoms with Crippen molar-refractivity contribution in [2.24, 2.45) is 5.10 Å². The Morgan fingerprint density at radius 2 is 2.12 bits per heavy atom. The van der Waals surface area contributed by atoms with E-state index in [0.717, 1.165) is 6.20 Å². The molecule has 1 N–H and O–H groups in total. The van der Waals surface area contributed by atoms with E-state index in [0.29, 0.717) is 31.9 Å². The lowest BCUT2D eigenvalue weighted by atomic mass is 10.2. The molecule has 1 fully saturated rings. The van der Waals surface area contributed by atoms with E-state index in [-0.39, 0.29) is 17.5 Å². The number of halogens is 1. The molecule has 1 saturated heterocycles. The van der Waals surface area contributed by atoms with Crippen LogP contribution in [0.4, 0.5) is 21.8 Å². The lowest BCUT2D eigenvalue weighted by molar-refractivity contribution is -0.385. The van der Waals surface area contributed by atoms with Gasteiger partial charge in [-0.15, -0.1) is 0 Å². The molecule has 0 bridgehead atoms. The largest absolute Gasteiger partial charge is 0.378 e. The fraction of sp³-hybridized carbons (Fsp3) is 0.267. The van der Waals surface area contributed by atoms with E-state index in [1.54, 1.807) is 23.1 Å². The summed E-state index contributed by atoms with van der Waals surface area (Å²) in [5.74, 6) is -0.269. The van der Waals surface area contributed by atoms with Crippen molar-refractivity contribution in [3.8, 4) is 0 Å². The van der Waals surface area contributed by atoms with Crippen LogP contribution in [0.3, 0.4) is 0 Å². The molecule has 0 unspecified atom stereocenters. The Hall–Kier alpha value is -3.14. The van der Waals surface area contributed by atoms with Gasteiger partial charge in [0.25, 0.3) is 5.69 Å². The summed E-state index contributed by atoms with van der Waals surface area (Å²) in [5, 5.41) is 14.9. The van der Waals surface area contributed by atoms with E-state index in [9.17, 15) is 14.5 Å². The monoisotopic (exact) mass is 346 g/mol. The minimum absolute atomic E-state index is 0.0675. The van der Waals surface area contributed by atoms with Crippen LogP contribution >= 0.6 is 0 Å². The number of ether oxygens (including phenoxy) is 1. The number of hydrogen-bond acceptors (Lipinski definition) is 8. The average Bonchev–Trinajstić information content (AvgIpc) is 2.64. The van der Waals surface area contributed by atoms with Crippen LogP contribution in [0.15, 0.2) is 35.6 Å². The minimum Gasteiger partial charge on any atom is -0.378 e. The standard InChI is InChI=1S/C15H15FN6O3/c16-12-10-17-15(19-14(12)21-5-7-25-8-6-21)20-18-9-11-3-1-2-4-13(11)22(23)24/h1-4,9-10H,5-8H2,(H,17,19,20)/b18-9+. The Bertz CT molecular complexity index is 795. The predicted molar refractivity (Wildman–Crippen MR) is 89.3 cm³/mol. The third-order valence-electron chi connectivity index (χ3n) is 3.54. The molecule has 0 radical (unpaired) electrons. The van der Waals surface area contributed by atoms with Crippen LogP contribution in [0.25, 0.3) is 0 Å². The zero-order chi connectivity index (χ0) is 17.6. The fourth-order valence-corrected chi connectivity index (χ4v) is 2.33. The number of nitrogens with zero attached hydrogens (tertiary/aromatic N) is 5. The van der Waals surface area contributed by atoms with Gasteiger partial charge in [-0.2, -0.15) is 10.1 Å². The Labute approximate surface area is 142 Å². The number of aromatic nitrogens is 2. The summed E-state index contributed by atoms with van der Waals surface area (Å²) in [4.78, 5) is 20.2. The van der Waals surface area contributed by atoms with E-state index >= 15 is 0 Å². The van der Waals surface area contributed by atoms with Gasteiger partial charge in [0.2, 0.25) is 5.95 Å². The van der Waals surface area contributed by atoms with Gasteiger partial charge in [0.05, 0.1) is 36.1 Å². The van der Waals surface area contributed by atoms with Gasteiger partial charge in [-0.05, 0) is 6.07 Å². The molecule has 130 valence electrons. The summed E-state index contributed by atoms with van der Waals surface area (Å²) in [6.07, 6.45) is 2.35. The number of benzene rings is 1. The molecule has 0 aliphatic carbocycles. The molecule has 1 aliphatic rings. The highest BCUT2D eigenvalue weighted by molar-refractivity contribution is 5.85. The minimum atomic E-state index is -0.532. The first-order chi connectivity index (χ1) is 12.1. The van der Waals surface area contributed by atoms with Gasteiger partial charge in [-0.1, -0.05) is 12.1 Å². The van der Waals surface area contributed by atoms with Crippen LogP contribution in [0.1, 0.15) is 5.56 Å². The molecular weight excluding hydrogens is 331 g/mol. The Balaban J connectivity index is 1.74. The van der Waals surface area contributed by atoms with Gasteiger partial charge in [-0.3, -0.25) is 10.1 Å². The summed E-state index contributed by atoms with van der Waals surface area (Å²) >= 11 is 0. The van der Waals surface area contributed by atoms with E-state index in [2.05, 4.69) is 20.5 Å². The molecule has 1 aromatic carbocycles. The number of nitrogens with one attached hydrogen (secondary N) is 1. The van der Waals surface area contributed by atoms with Crippen LogP contribution in [-0.2, 0) is 4.74 Å². The number of morpholine rings is 1. The van der Waals surface area contributed by atoms with Crippen LogP contribution in [0, 0.1) is 15.9 Å². The molecule has 2 aromatic rings. The van der Waals surface area contributed by atoms with Crippen LogP contribution < -0.4 is 10.3 Å². The van der Waals surface area contributed by atoms with Crippen molar-refractivity contribution in [1.82, 2.24) is 9.97 Å². The van der Waals surface area contributed by atoms with Gasteiger partial charge in [0, 0.05) is 19.2 Å². The number of hydrazone groups is 1. The van der Waals surface area contributed by atoms with E-state index in [1.165, 1.54) is 12.3 Å². The van der Waals surface area contributed by atoms with Crippen LogP contribution in [0.2, 0.25) is 0 Å². The summed E-state index contributed by atoms with van der Waals surface area (Å²) in [5.41, 5.74) is 2.83. The number of rotatable bonds is 5. The molecule has 0 atom stereocenters. The second-order valence-corrected chi connectivity index (χ2v) is 5.15. The van der Waals surface area contributed by atoms with Crippen molar-refractivity contribution in [1.29, 1.82) is 0 Å². The first-order valence-corrected chi connectivity index (χ1v) is 7.53.